The van der Waals surface area contributed by atoms with Crippen molar-refractivity contribution in [2.45, 2.75) is 13.8 Å². The summed E-state index contributed by atoms with van der Waals surface area (Å²) < 4.78 is 22.3. The maximum Gasteiger partial charge on any atom is 0.314 e. The van der Waals surface area contributed by atoms with Gasteiger partial charge in [0.05, 0.1) is 0 Å². The number of hydrogen-bond acceptors (Lipinski definition) is 3. The lowest BCUT2D eigenvalue weighted by Gasteiger charge is -1.86. The van der Waals surface area contributed by atoms with Crippen molar-refractivity contribution in [3.63, 3.8) is 0 Å². The Hall–Kier alpha value is 0.260. The minimum Gasteiger partial charge on any atom is -0.382 e. The molecule has 0 aromatic rings. The standard InChI is InChI=1S/C4H10O.2H3O3P/c1-3-5-4-2;2*1-4(2)3/h3-4H2,1-2H3;2*4H,(H2,1,2,3). The highest BCUT2D eigenvalue weighted by Gasteiger charge is 1.64. The van der Waals surface area contributed by atoms with E-state index in [0.717, 1.165) is 13.2 Å². The lowest BCUT2D eigenvalue weighted by atomic mass is 10.8. The molecular weight excluding hydrogens is 222 g/mol. The van der Waals surface area contributed by atoms with Gasteiger partial charge in [-0.2, -0.15) is 0 Å². The van der Waals surface area contributed by atoms with Crippen molar-refractivity contribution in [2.75, 3.05) is 13.2 Å². The average Bonchev–Trinajstić information content (AvgIpc) is 1.86. The first-order chi connectivity index (χ1) is 5.88. The molecule has 84 valence electrons. The molecular formula is C4H16O7P2. The summed E-state index contributed by atoms with van der Waals surface area (Å²) in [5, 5.41) is 0. The molecule has 0 bridgehead atoms. The Kier molecular flexibility index (Phi) is 26.4. The third kappa shape index (κ3) is 253. The smallest absolute Gasteiger partial charge is 0.314 e. The van der Waals surface area contributed by atoms with Crippen LogP contribution in [0.4, 0.5) is 0 Å². The highest BCUT2D eigenvalue weighted by Crippen LogP contribution is 1.98. The third-order valence-corrected chi connectivity index (χ3v) is 0.408. The van der Waals surface area contributed by atoms with E-state index in [1.807, 2.05) is 13.8 Å². The molecule has 0 aromatic heterocycles. The zero-order chi connectivity index (χ0) is 11.3. The van der Waals surface area contributed by atoms with Gasteiger partial charge < -0.3 is 24.3 Å². The van der Waals surface area contributed by atoms with Crippen molar-refractivity contribution in [1.82, 2.24) is 0 Å². The van der Waals surface area contributed by atoms with Crippen LogP contribution in [0.5, 0.6) is 0 Å². The lowest BCUT2D eigenvalue weighted by Crippen LogP contribution is -1.84. The molecule has 0 radical (unpaired) electrons. The highest BCUT2D eigenvalue weighted by atomic mass is 31.1. The van der Waals surface area contributed by atoms with Crippen LogP contribution in [-0.4, -0.2) is 32.8 Å². The molecule has 9 heteroatoms. The first-order valence-corrected chi connectivity index (χ1v) is 5.90. The SMILES string of the molecule is CCOCC.O=[PH](O)O.O=[PH](O)O. The molecule has 0 saturated carbocycles. The molecule has 4 N–H and O–H groups in total. The lowest BCUT2D eigenvalue weighted by molar-refractivity contribution is 0.162. The van der Waals surface area contributed by atoms with Crippen molar-refractivity contribution < 1.29 is 33.4 Å². The number of rotatable bonds is 2. The largest absolute Gasteiger partial charge is 0.382 e. The van der Waals surface area contributed by atoms with Crippen molar-refractivity contribution in [2.24, 2.45) is 0 Å². The zero-order valence-corrected chi connectivity index (χ0v) is 9.43. The van der Waals surface area contributed by atoms with Gasteiger partial charge in [0.25, 0.3) is 0 Å². The highest BCUT2D eigenvalue weighted by molar-refractivity contribution is 7.31. The fourth-order valence-corrected chi connectivity index (χ4v) is 0.204. The van der Waals surface area contributed by atoms with Gasteiger partial charge in [0.2, 0.25) is 0 Å². The van der Waals surface area contributed by atoms with Crippen LogP contribution >= 0.6 is 16.5 Å². The molecule has 0 fully saturated rings. The van der Waals surface area contributed by atoms with Crippen LogP contribution in [0.25, 0.3) is 0 Å². The van der Waals surface area contributed by atoms with E-state index in [1.165, 1.54) is 0 Å². The van der Waals surface area contributed by atoms with E-state index in [1.54, 1.807) is 0 Å². The minimum absolute atomic E-state index is 0.844. The first kappa shape index (κ1) is 18.9. The Morgan fingerprint density at radius 2 is 1.08 bits per heavy atom. The van der Waals surface area contributed by atoms with Crippen molar-refractivity contribution in [1.29, 1.82) is 0 Å². The van der Waals surface area contributed by atoms with Gasteiger partial charge in [-0.1, -0.05) is 0 Å². The van der Waals surface area contributed by atoms with E-state index < -0.39 is 16.5 Å². The molecule has 13 heavy (non-hydrogen) atoms. The minimum atomic E-state index is -3.13. The van der Waals surface area contributed by atoms with Crippen LogP contribution < -0.4 is 0 Å². The van der Waals surface area contributed by atoms with Gasteiger partial charge in [0, 0.05) is 13.2 Å². The second kappa shape index (κ2) is 18.1. The maximum absolute atomic E-state index is 8.74. The summed E-state index contributed by atoms with van der Waals surface area (Å²) in [4.78, 5) is 28.6. The van der Waals surface area contributed by atoms with Gasteiger partial charge in [-0.25, -0.2) is 0 Å². The van der Waals surface area contributed by atoms with E-state index >= 15 is 0 Å². The Labute approximate surface area is 77.9 Å². The molecule has 0 aliphatic heterocycles. The summed E-state index contributed by atoms with van der Waals surface area (Å²) in [5.74, 6) is 0. The third-order valence-electron chi connectivity index (χ3n) is 0.408. The van der Waals surface area contributed by atoms with E-state index in [-0.39, 0.29) is 0 Å². The van der Waals surface area contributed by atoms with Gasteiger partial charge in [-0.3, -0.25) is 9.13 Å². The van der Waals surface area contributed by atoms with E-state index in [9.17, 15) is 0 Å². The fourth-order valence-electron chi connectivity index (χ4n) is 0.204. The second-order valence-corrected chi connectivity index (χ2v) is 2.48. The van der Waals surface area contributed by atoms with Crippen LogP contribution in [0.3, 0.4) is 0 Å². The van der Waals surface area contributed by atoms with Crippen LogP contribution in [0, 0.1) is 0 Å². The van der Waals surface area contributed by atoms with Gasteiger partial charge in [0.15, 0.2) is 0 Å². The maximum atomic E-state index is 8.74. The molecule has 0 aromatic carbocycles. The van der Waals surface area contributed by atoms with E-state index in [2.05, 4.69) is 0 Å². The molecule has 0 aliphatic rings. The van der Waals surface area contributed by atoms with Gasteiger partial charge in [0.1, 0.15) is 0 Å². The average molecular weight is 238 g/mol. The summed E-state index contributed by atoms with van der Waals surface area (Å²) >= 11 is 0. The molecule has 0 rings (SSSR count). The first-order valence-electron chi connectivity index (χ1n) is 3.29. The predicted molar refractivity (Wildman–Crippen MR) is 49.0 cm³/mol. The summed E-state index contributed by atoms with van der Waals surface area (Å²) in [7, 11) is -6.26. The molecule has 0 heterocycles. The van der Waals surface area contributed by atoms with Crippen molar-refractivity contribution in [3.8, 4) is 0 Å². The monoisotopic (exact) mass is 238 g/mol. The van der Waals surface area contributed by atoms with Crippen LogP contribution in [0.1, 0.15) is 13.8 Å². The molecule has 0 aliphatic carbocycles. The fraction of sp³-hybridized carbons (Fsp3) is 1.00. The Balaban J connectivity index is -0.000000117. The Morgan fingerprint density at radius 3 is 1.08 bits per heavy atom. The van der Waals surface area contributed by atoms with Gasteiger partial charge >= 0.3 is 16.5 Å². The molecule has 0 unspecified atom stereocenters. The summed E-state index contributed by atoms with van der Waals surface area (Å²) in [5.41, 5.74) is 0. The predicted octanol–water partition coefficient (Wildman–Crippen LogP) is -0.236. The molecule has 0 atom stereocenters. The van der Waals surface area contributed by atoms with Crippen LogP contribution in [0.15, 0.2) is 0 Å². The molecule has 7 nitrogen and oxygen atoms in total. The zero-order valence-electron chi connectivity index (χ0n) is 7.43. The van der Waals surface area contributed by atoms with Gasteiger partial charge in [-0.05, 0) is 13.8 Å². The van der Waals surface area contributed by atoms with Crippen molar-refractivity contribution in [3.05, 3.63) is 0 Å². The van der Waals surface area contributed by atoms with Crippen molar-refractivity contribution >= 4 is 16.5 Å². The molecule has 0 saturated heterocycles. The normalized spacial score (nSPS) is 8.62. The summed E-state index contributed by atoms with van der Waals surface area (Å²) in [6.07, 6.45) is 0. The van der Waals surface area contributed by atoms with E-state index in [0.29, 0.717) is 0 Å². The molecule has 0 spiro atoms. The van der Waals surface area contributed by atoms with Crippen LogP contribution in [-0.2, 0) is 13.9 Å². The summed E-state index contributed by atoms with van der Waals surface area (Å²) in [6.45, 7) is 5.67. The van der Waals surface area contributed by atoms with Gasteiger partial charge in [-0.15, -0.1) is 0 Å². The Bertz CT molecular complexity index is 106. The van der Waals surface area contributed by atoms with Crippen LogP contribution in [0.2, 0.25) is 0 Å². The second-order valence-electron chi connectivity index (χ2n) is 1.35. The van der Waals surface area contributed by atoms with E-state index in [4.69, 9.17) is 33.4 Å². The summed E-state index contributed by atoms with van der Waals surface area (Å²) in [6, 6.07) is 0. The quantitative estimate of drug-likeness (QED) is 0.489. The number of hydrogen-bond donors (Lipinski definition) is 4. The Morgan fingerprint density at radius 1 is 0.923 bits per heavy atom. The number of ether oxygens (including phenoxy) is 1. The topological polar surface area (TPSA) is 124 Å². The molecule has 0 amide bonds.